The van der Waals surface area contributed by atoms with Crippen molar-refractivity contribution in [3.63, 3.8) is 0 Å². The van der Waals surface area contributed by atoms with E-state index in [1.807, 2.05) is 0 Å². The molecule has 0 amide bonds. The van der Waals surface area contributed by atoms with Crippen molar-refractivity contribution >= 4 is 0 Å². The normalized spacial score (nSPS) is 46.9. The number of ether oxygens (including phenoxy) is 3. The average molecular weight is 379 g/mol. The molecule has 0 radical (unpaired) electrons. The van der Waals surface area contributed by atoms with Crippen LogP contribution in [0.25, 0.3) is 0 Å². The molecule has 2 bridgehead atoms. The second kappa shape index (κ2) is 8.27. The highest BCUT2D eigenvalue weighted by Crippen LogP contribution is 2.41. The van der Waals surface area contributed by atoms with Crippen molar-refractivity contribution in [1.29, 1.82) is 0 Å². The lowest BCUT2D eigenvalue weighted by atomic mass is 9.71. The van der Waals surface area contributed by atoms with E-state index in [0.29, 0.717) is 25.0 Å². The summed E-state index contributed by atoms with van der Waals surface area (Å²) in [5.74, 6) is 1.67. The van der Waals surface area contributed by atoms with E-state index in [2.05, 4.69) is 10.2 Å². The minimum Gasteiger partial charge on any atom is -0.377 e. The van der Waals surface area contributed by atoms with E-state index in [1.54, 1.807) is 0 Å². The van der Waals surface area contributed by atoms with Crippen molar-refractivity contribution in [2.45, 2.75) is 88.0 Å². The van der Waals surface area contributed by atoms with Crippen LogP contribution in [0, 0.1) is 11.8 Å². The van der Waals surface area contributed by atoms with Crippen molar-refractivity contribution < 1.29 is 14.2 Å². The summed E-state index contributed by atoms with van der Waals surface area (Å²) in [5, 5.41) is 3.70. The summed E-state index contributed by atoms with van der Waals surface area (Å²) in [4.78, 5) is 2.65. The second-order valence-corrected chi connectivity index (χ2v) is 9.71. The van der Waals surface area contributed by atoms with Gasteiger partial charge in [0.05, 0.1) is 50.3 Å². The summed E-state index contributed by atoms with van der Waals surface area (Å²) in [6, 6.07) is 0.415. The van der Waals surface area contributed by atoms with E-state index in [0.717, 1.165) is 38.2 Å². The molecule has 0 aromatic heterocycles. The summed E-state index contributed by atoms with van der Waals surface area (Å²) in [7, 11) is 0. The van der Waals surface area contributed by atoms with Crippen LogP contribution in [0.15, 0.2) is 0 Å². The summed E-state index contributed by atoms with van der Waals surface area (Å²) in [5.41, 5.74) is 0.0863. The Morgan fingerprint density at radius 1 is 0.889 bits per heavy atom. The molecule has 4 saturated heterocycles. The molecule has 1 spiro atoms. The number of piperidine rings is 1. The van der Waals surface area contributed by atoms with Crippen LogP contribution in [0.1, 0.15) is 64.2 Å². The van der Waals surface area contributed by atoms with Gasteiger partial charge in [-0.25, -0.2) is 0 Å². The lowest BCUT2D eigenvalue weighted by Gasteiger charge is -2.48. The molecule has 6 aliphatic rings. The van der Waals surface area contributed by atoms with Gasteiger partial charge in [-0.3, -0.25) is 10.2 Å². The Morgan fingerprint density at radius 2 is 1.78 bits per heavy atom. The number of nitrogens with zero attached hydrogens (tertiary/aromatic N) is 1. The monoisotopic (exact) mass is 378 g/mol. The smallest absolute Gasteiger partial charge is 0.0971 e. The fraction of sp³-hybridized carbons (Fsp3) is 1.00. The zero-order valence-corrected chi connectivity index (χ0v) is 16.9. The first-order valence-corrected chi connectivity index (χ1v) is 11.6. The van der Waals surface area contributed by atoms with Crippen LogP contribution in [0.4, 0.5) is 0 Å². The first kappa shape index (κ1) is 18.8. The van der Waals surface area contributed by atoms with Gasteiger partial charge in [0, 0.05) is 6.54 Å². The van der Waals surface area contributed by atoms with E-state index in [4.69, 9.17) is 14.2 Å². The summed E-state index contributed by atoms with van der Waals surface area (Å²) in [6.45, 7) is 5.45. The Bertz CT molecular complexity index is 488. The Hall–Kier alpha value is -0.200. The van der Waals surface area contributed by atoms with Gasteiger partial charge in [0.2, 0.25) is 0 Å². The molecule has 4 aliphatic heterocycles. The molecule has 4 heterocycles. The van der Waals surface area contributed by atoms with Crippen molar-refractivity contribution in [2.75, 3.05) is 39.6 Å². The van der Waals surface area contributed by atoms with Gasteiger partial charge in [-0.15, -0.1) is 0 Å². The predicted molar refractivity (Wildman–Crippen MR) is 105 cm³/mol. The summed E-state index contributed by atoms with van der Waals surface area (Å²) >= 11 is 0. The molecule has 0 aromatic rings. The first-order chi connectivity index (χ1) is 13.3. The SMILES string of the molecule is C1CCC2C3CCC(CC3)OC[C@@H]3N(CCC[C@@]34COCN4)CCOC2C1. The average Bonchev–Trinajstić information content (AvgIpc) is 3.17. The van der Waals surface area contributed by atoms with Gasteiger partial charge in [-0.1, -0.05) is 12.8 Å². The lowest BCUT2D eigenvalue weighted by molar-refractivity contribution is -0.0570. The maximum atomic E-state index is 6.57. The van der Waals surface area contributed by atoms with Gasteiger partial charge in [-0.05, 0) is 69.7 Å². The van der Waals surface area contributed by atoms with Crippen LogP contribution in [0.2, 0.25) is 0 Å². The summed E-state index contributed by atoms with van der Waals surface area (Å²) in [6.07, 6.45) is 14.0. The summed E-state index contributed by atoms with van der Waals surface area (Å²) < 4.78 is 18.9. The van der Waals surface area contributed by atoms with E-state index in [-0.39, 0.29) is 5.54 Å². The van der Waals surface area contributed by atoms with Gasteiger partial charge in [-0.2, -0.15) is 0 Å². The van der Waals surface area contributed by atoms with E-state index in [1.165, 1.54) is 70.8 Å². The van der Waals surface area contributed by atoms with Crippen molar-refractivity contribution in [1.82, 2.24) is 10.2 Å². The molecule has 27 heavy (non-hydrogen) atoms. The third-order valence-corrected chi connectivity index (χ3v) is 8.31. The highest BCUT2D eigenvalue weighted by molar-refractivity contribution is 5.05. The molecule has 6 fully saturated rings. The number of hydrogen-bond acceptors (Lipinski definition) is 5. The van der Waals surface area contributed by atoms with Crippen LogP contribution in [-0.2, 0) is 14.2 Å². The molecule has 2 saturated carbocycles. The maximum absolute atomic E-state index is 6.57. The molecule has 0 aromatic carbocycles. The standard InChI is InChI=1S/C22H38N2O3/c1-2-5-20-19(4-1)17-6-8-18(9-7-17)27-14-21-22(15-25-16-23-22)10-3-11-24(21)12-13-26-20/h17-21,23H,1-16H2/t17?,18?,19?,20?,21-,22+/m0/s1. The minimum atomic E-state index is 0.0863. The van der Waals surface area contributed by atoms with E-state index >= 15 is 0 Å². The van der Waals surface area contributed by atoms with Crippen LogP contribution in [0.5, 0.6) is 0 Å². The van der Waals surface area contributed by atoms with Crippen LogP contribution >= 0.6 is 0 Å². The van der Waals surface area contributed by atoms with Gasteiger partial charge in [0.1, 0.15) is 0 Å². The fourth-order valence-electron chi connectivity index (χ4n) is 6.76. The largest absolute Gasteiger partial charge is 0.377 e. The Kier molecular flexibility index (Phi) is 5.76. The van der Waals surface area contributed by atoms with Gasteiger partial charge >= 0.3 is 0 Å². The van der Waals surface area contributed by atoms with Gasteiger partial charge < -0.3 is 14.2 Å². The van der Waals surface area contributed by atoms with Crippen LogP contribution in [-0.4, -0.2) is 68.3 Å². The zero-order chi connectivity index (χ0) is 18.1. The van der Waals surface area contributed by atoms with Crippen LogP contribution in [0.3, 0.4) is 0 Å². The quantitative estimate of drug-likeness (QED) is 0.702. The molecule has 4 atom stereocenters. The maximum Gasteiger partial charge on any atom is 0.0971 e. The molecule has 2 aliphatic carbocycles. The molecular weight excluding hydrogens is 340 g/mol. The Balaban J connectivity index is 1.35. The third kappa shape index (κ3) is 3.83. The van der Waals surface area contributed by atoms with Crippen molar-refractivity contribution in [3.05, 3.63) is 0 Å². The molecule has 5 heteroatoms. The number of rotatable bonds is 0. The molecule has 1 N–H and O–H groups in total. The van der Waals surface area contributed by atoms with Crippen molar-refractivity contribution in [3.8, 4) is 0 Å². The third-order valence-electron chi connectivity index (χ3n) is 8.31. The van der Waals surface area contributed by atoms with Gasteiger partial charge in [0.25, 0.3) is 0 Å². The fourth-order valence-corrected chi connectivity index (χ4v) is 6.76. The highest BCUT2D eigenvalue weighted by Gasteiger charge is 2.47. The lowest BCUT2D eigenvalue weighted by Crippen LogP contribution is -2.65. The van der Waals surface area contributed by atoms with Crippen molar-refractivity contribution in [2.24, 2.45) is 11.8 Å². The molecular formula is C22H38N2O3. The van der Waals surface area contributed by atoms with E-state index < -0.39 is 0 Å². The molecule has 6 rings (SSSR count). The number of nitrogens with one attached hydrogen (secondary N) is 1. The topological polar surface area (TPSA) is 43.0 Å². The molecule has 2 unspecified atom stereocenters. The predicted octanol–water partition coefficient (Wildman–Crippen LogP) is 2.93. The first-order valence-electron chi connectivity index (χ1n) is 11.6. The van der Waals surface area contributed by atoms with Gasteiger partial charge in [0.15, 0.2) is 0 Å². The number of fused-ring (bicyclic) bond motifs is 5. The van der Waals surface area contributed by atoms with Crippen LogP contribution < -0.4 is 5.32 Å². The Labute approximate surface area is 164 Å². The van der Waals surface area contributed by atoms with E-state index in [9.17, 15) is 0 Å². The molecule has 154 valence electrons. The number of hydrogen-bond donors (Lipinski definition) is 1. The molecule has 5 nitrogen and oxygen atoms in total. The Morgan fingerprint density at radius 3 is 2.63 bits per heavy atom. The zero-order valence-electron chi connectivity index (χ0n) is 16.9. The second-order valence-electron chi connectivity index (χ2n) is 9.71. The minimum absolute atomic E-state index is 0.0863. The highest BCUT2D eigenvalue weighted by atomic mass is 16.5.